The van der Waals surface area contributed by atoms with Gasteiger partial charge >= 0.3 is 5.97 Å². The lowest BCUT2D eigenvalue weighted by Gasteiger charge is -2.14. The maximum Gasteiger partial charge on any atom is 0.319 e. The van der Waals surface area contributed by atoms with E-state index in [0.29, 0.717) is 18.2 Å². The molecule has 0 spiro atoms. The van der Waals surface area contributed by atoms with Crippen molar-refractivity contribution in [2.45, 2.75) is 16.8 Å². The van der Waals surface area contributed by atoms with Crippen LogP contribution in [-0.2, 0) is 9.53 Å². The van der Waals surface area contributed by atoms with Crippen molar-refractivity contribution in [3.05, 3.63) is 41.8 Å². The Balaban J connectivity index is 1.83. The van der Waals surface area contributed by atoms with E-state index >= 15 is 0 Å². The number of carbonyl (C=O) groups is 1. The van der Waals surface area contributed by atoms with E-state index in [1.807, 2.05) is 46.3 Å². The van der Waals surface area contributed by atoms with Crippen molar-refractivity contribution in [2.75, 3.05) is 13.7 Å². The lowest BCUT2D eigenvalue weighted by Crippen LogP contribution is -2.11. The molecule has 25 heavy (non-hydrogen) atoms. The van der Waals surface area contributed by atoms with E-state index in [0.717, 1.165) is 22.1 Å². The summed E-state index contributed by atoms with van der Waals surface area (Å²) in [6, 6.07) is 11.7. The number of rotatable bonds is 5. The lowest BCUT2D eigenvalue weighted by molar-refractivity contribution is -0.137. The minimum absolute atomic E-state index is 0.197. The number of cyclic esters (lactones) is 1. The predicted octanol–water partition coefficient (Wildman–Crippen LogP) is 3.41. The van der Waals surface area contributed by atoms with Gasteiger partial charge in [-0.3, -0.25) is 9.36 Å². The zero-order valence-electron chi connectivity index (χ0n) is 13.4. The Hall–Kier alpha value is -2.32. The molecule has 0 radical (unpaired) electrons. The number of hydrogen-bond donors (Lipinski definition) is 0. The highest BCUT2D eigenvalue weighted by atomic mass is 32.2. The Morgan fingerprint density at radius 3 is 2.88 bits per heavy atom. The highest BCUT2D eigenvalue weighted by Crippen LogP contribution is 2.36. The molecule has 0 bridgehead atoms. The van der Waals surface area contributed by atoms with Crippen molar-refractivity contribution in [1.29, 1.82) is 0 Å². The van der Waals surface area contributed by atoms with Crippen LogP contribution in [0.5, 0.6) is 5.75 Å². The van der Waals surface area contributed by atoms with E-state index in [4.69, 9.17) is 9.47 Å². The molecular formula is C17H15N3O3S2. The summed E-state index contributed by atoms with van der Waals surface area (Å²) in [7, 11) is 1.63. The molecule has 1 saturated heterocycles. The van der Waals surface area contributed by atoms with E-state index in [1.165, 1.54) is 11.8 Å². The smallest absolute Gasteiger partial charge is 0.319 e. The average molecular weight is 373 g/mol. The van der Waals surface area contributed by atoms with Crippen molar-refractivity contribution in [2.24, 2.45) is 0 Å². The molecule has 8 heteroatoms. The van der Waals surface area contributed by atoms with Crippen molar-refractivity contribution >= 4 is 29.1 Å². The average Bonchev–Trinajstić information content (AvgIpc) is 3.37. The van der Waals surface area contributed by atoms with Gasteiger partial charge in [0.2, 0.25) is 0 Å². The van der Waals surface area contributed by atoms with E-state index in [1.54, 1.807) is 18.4 Å². The Labute approximate surface area is 152 Å². The van der Waals surface area contributed by atoms with Gasteiger partial charge in [0.05, 0.1) is 24.3 Å². The number of nitrogens with zero attached hydrogens (tertiary/aromatic N) is 3. The molecule has 3 heterocycles. The van der Waals surface area contributed by atoms with Gasteiger partial charge in [0.25, 0.3) is 0 Å². The maximum absolute atomic E-state index is 11.9. The third kappa shape index (κ3) is 3.03. The summed E-state index contributed by atoms with van der Waals surface area (Å²) >= 11 is 2.97. The van der Waals surface area contributed by atoms with Gasteiger partial charge in [0.1, 0.15) is 11.0 Å². The van der Waals surface area contributed by atoms with Gasteiger partial charge in [-0.05, 0) is 23.6 Å². The summed E-state index contributed by atoms with van der Waals surface area (Å²) in [5.74, 6) is 1.25. The molecule has 6 nitrogen and oxygen atoms in total. The topological polar surface area (TPSA) is 66.2 Å². The Kier molecular flexibility index (Phi) is 4.46. The molecule has 1 fully saturated rings. The molecule has 0 saturated carbocycles. The number of esters is 1. The SMILES string of the molecule is COc1ccccc1-n1c(S[C@H]2CCOC2=O)nnc1-c1cccs1. The number of thiophene rings is 1. The number of methoxy groups -OCH3 is 1. The molecule has 3 aromatic rings. The zero-order valence-corrected chi connectivity index (χ0v) is 15.0. The second-order valence-corrected chi connectivity index (χ2v) is 7.47. The first-order chi connectivity index (χ1) is 12.3. The van der Waals surface area contributed by atoms with Crippen LogP contribution in [0.3, 0.4) is 0 Å². The van der Waals surface area contributed by atoms with Crippen LogP contribution in [0, 0.1) is 0 Å². The summed E-state index contributed by atoms with van der Waals surface area (Å²) in [5.41, 5.74) is 0.840. The van der Waals surface area contributed by atoms with E-state index in [2.05, 4.69) is 10.2 Å². The molecule has 0 N–H and O–H groups in total. The predicted molar refractivity (Wildman–Crippen MR) is 96.4 cm³/mol. The first kappa shape index (κ1) is 16.2. The van der Waals surface area contributed by atoms with Crippen LogP contribution in [-0.4, -0.2) is 39.7 Å². The number of thioether (sulfide) groups is 1. The third-order valence-electron chi connectivity index (χ3n) is 3.84. The normalized spacial score (nSPS) is 16.8. The minimum Gasteiger partial charge on any atom is -0.495 e. The summed E-state index contributed by atoms with van der Waals surface area (Å²) in [5, 5.41) is 11.1. The van der Waals surface area contributed by atoms with Gasteiger partial charge in [-0.15, -0.1) is 21.5 Å². The monoisotopic (exact) mass is 373 g/mol. The molecule has 1 aromatic carbocycles. The molecule has 4 rings (SSSR count). The second kappa shape index (κ2) is 6.89. The van der Waals surface area contributed by atoms with Crippen LogP contribution < -0.4 is 4.74 Å². The van der Waals surface area contributed by atoms with Gasteiger partial charge in [0.15, 0.2) is 11.0 Å². The molecule has 128 valence electrons. The van der Waals surface area contributed by atoms with Crippen molar-refractivity contribution in [1.82, 2.24) is 14.8 Å². The first-order valence-corrected chi connectivity index (χ1v) is 9.50. The van der Waals surface area contributed by atoms with Gasteiger partial charge in [-0.2, -0.15) is 0 Å². The van der Waals surface area contributed by atoms with Crippen molar-refractivity contribution in [3.63, 3.8) is 0 Å². The van der Waals surface area contributed by atoms with Crippen LogP contribution in [0.1, 0.15) is 6.42 Å². The van der Waals surface area contributed by atoms with Gasteiger partial charge in [-0.25, -0.2) is 0 Å². The number of carbonyl (C=O) groups excluding carboxylic acids is 1. The number of para-hydroxylation sites is 2. The van der Waals surface area contributed by atoms with Gasteiger partial charge in [0, 0.05) is 6.42 Å². The quantitative estimate of drug-likeness (QED) is 0.639. The summed E-state index contributed by atoms with van der Waals surface area (Å²) in [6.45, 7) is 0.455. The van der Waals surface area contributed by atoms with Crippen LogP contribution in [0.15, 0.2) is 46.9 Å². The first-order valence-electron chi connectivity index (χ1n) is 7.74. The fraction of sp³-hybridized carbons (Fsp3) is 0.235. The van der Waals surface area contributed by atoms with Crippen LogP contribution >= 0.6 is 23.1 Å². The molecule has 1 atom stereocenters. The largest absolute Gasteiger partial charge is 0.495 e. The number of aromatic nitrogens is 3. The number of hydrogen-bond acceptors (Lipinski definition) is 7. The van der Waals surface area contributed by atoms with Crippen LogP contribution in [0.25, 0.3) is 16.4 Å². The summed E-state index contributed by atoms with van der Waals surface area (Å²) in [4.78, 5) is 12.9. The Morgan fingerprint density at radius 2 is 2.16 bits per heavy atom. The van der Waals surface area contributed by atoms with Crippen LogP contribution in [0.2, 0.25) is 0 Å². The van der Waals surface area contributed by atoms with Gasteiger partial charge in [-0.1, -0.05) is 30.0 Å². The minimum atomic E-state index is -0.256. The number of benzene rings is 1. The Morgan fingerprint density at radius 1 is 1.28 bits per heavy atom. The van der Waals surface area contributed by atoms with Crippen LogP contribution in [0.4, 0.5) is 0 Å². The molecule has 1 aliphatic heterocycles. The molecule has 1 aliphatic rings. The van der Waals surface area contributed by atoms with Gasteiger partial charge < -0.3 is 9.47 Å². The fourth-order valence-corrected chi connectivity index (χ4v) is 4.36. The highest BCUT2D eigenvalue weighted by Gasteiger charge is 2.31. The molecule has 0 amide bonds. The molecule has 0 unspecified atom stereocenters. The standard InChI is InChI=1S/C17H15N3O3S2/c1-22-12-6-3-2-5-11(12)20-15(13-7-4-10-24-13)18-19-17(20)25-14-8-9-23-16(14)21/h2-7,10,14H,8-9H2,1H3/t14-/m0/s1. The van der Waals surface area contributed by atoms with E-state index in [9.17, 15) is 4.79 Å². The third-order valence-corrected chi connectivity index (χ3v) is 5.89. The number of ether oxygens (including phenoxy) is 2. The summed E-state index contributed by atoms with van der Waals surface area (Å²) in [6.07, 6.45) is 0.677. The van der Waals surface area contributed by atoms with E-state index in [-0.39, 0.29) is 11.2 Å². The maximum atomic E-state index is 11.9. The lowest BCUT2D eigenvalue weighted by atomic mass is 10.3. The molecule has 2 aromatic heterocycles. The zero-order chi connectivity index (χ0) is 17.2. The molecular weight excluding hydrogens is 358 g/mol. The second-order valence-electron chi connectivity index (χ2n) is 5.35. The molecule has 0 aliphatic carbocycles. The van der Waals surface area contributed by atoms with Crippen molar-refractivity contribution < 1.29 is 14.3 Å². The van der Waals surface area contributed by atoms with E-state index < -0.39 is 0 Å². The highest BCUT2D eigenvalue weighted by molar-refractivity contribution is 8.00. The summed E-state index contributed by atoms with van der Waals surface area (Å²) < 4.78 is 12.5. The van der Waals surface area contributed by atoms with Crippen molar-refractivity contribution in [3.8, 4) is 22.1 Å². The fourth-order valence-electron chi connectivity index (χ4n) is 2.65. The Bertz CT molecular complexity index is 892.